The number of carbonyl (C=O) groups excluding carboxylic acids is 1. The highest BCUT2D eigenvalue weighted by molar-refractivity contribution is 7.13. The van der Waals surface area contributed by atoms with Gasteiger partial charge >= 0.3 is 0 Å². The van der Waals surface area contributed by atoms with Gasteiger partial charge in [0.1, 0.15) is 0 Å². The largest absolute Gasteiger partial charge is 0.359 e. The third-order valence-corrected chi connectivity index (χ3v) is 5.19. The Morgan fingerprint density at radius 2 is 2.35 bits per heavy atom. The zero-order chi connectivity index (χ0) is 16.2. The van der Waals surface area contributed by atoms with Crippen LogP contribution in [0.3, 0.4) is 0 Å². The third kappa shape index (κ3) is 3.80. The molecule has 1 saturated heterocycles. The lowest BCUT2D eigenvalue weighted by atomic mass is 10.1. The molecule has 0 radical (unpaired) electrons. The number of aromatic amines is 1. The maximum absolute atomic E-state index is 12.1. The van der Waals surface area contributed by atoms with E-state index in [1.54, 1.807) is 18.4 Å². The first-order valence-electron chi connectivity index (χ1n) is 7.86. The van der Waals surface area contributed by atoms with E-state index >= 15 is 0 Å². The van der Waals surface area contributed by atoms with Crippen LogP contribution in [0, 0.1) is 5.92 Å². The Morgan fingerprint density at radius 3 is 3.09 bits per heavy atom. The zero-order valence-electron chi connectivity index (χ0n) is 13.6. The predicted molar refractivity (Wildman–Crippen MR) is 92.2 cm³/mol. The molecule has 1 atom stereocenters. The van der Waals surface area contributed by atoms with Crippen molar-refractivity contribution < 1.29 is 4.79 Å². The SMILES string of the molecule is CNC(=O)C1CN(C)CCN(Cc2cn[nH]c2-c2cccs2)C1. The molecule has 23 heavy (non-hydrogen) atoms. The summed E-state index contributed by atoms with van der Waals surface area (Å²) in [6.45, 7) is 4.32. The van der Waals surface area contributed by atoms with Gasteiger partial charge in [-0.2, -0.15) is 5.10 Å². The molecule has 1 aliphatic rings. The van der Waals surface area contributed by atoms with Gasteiger partial charge in [-0.05, 0) is 18.5 Å². The molecule has 3 rings (SSSR count). The maximum atomic E-state index is 12.1. The second-order valence-electron chi connectivity index (χ2n) is 6.06. The van der Waals surface area contributed by atoms with Crippen molar-refractivity contribution in [1.29, 1.82) is 0 Å². The second kappa shape index (κ2) is 7.25. The average Bonchev–Trinajstić information content (AvgIpc) is 3.18. The number of H-pyrrole nitrogens is 1. The van der Waals surface area contributed by atoms with Crippen LogP contribution >= 0.6 is 11.3 Å². The summed E-state index contributed by atoms with van der Waals surface area (Å²) >= 11 is 1.71. The van der Waals surface area contributed by atoms with Gasteiger partial charge in [-0.1, -0.05) is 6.07 Å². The molecule has 2 N–H and O–H groups in total. The Morgan fingerprint density at radius 1 is 1.48 bits per heavy atom. The van der Waals surface area contributed by atoms with Crippen LogP contribution in [0.4, 0.5) is 0 Å². The van der Waals surface area contributed by atoms with Crippen molar-refractivity contribution in [2.75, 3.05) is 40.3 Å². The number of thiophene rings is 1. The van der Waals surface area contributed by atoms with Crippen molar-refractivity contribution in [2.24, 2.45) is 5.92 Å². The number of aromatic nitrogens is 2. The number of nitrogens with one attached hydrogen (secondary N) is 2. The number of nitrogens with zero attached hydrogens (tertiary/aromatic N) is 3. The van der Waals surface area contributed by atoms with Crippen molar-refractivity contribution in [3.05, 3.63) is 29.3 Å². The monoisotopic (exact) mass is 333 g/mol. The van der Waals surface area contributed by atoms with Crippen LogP contribution in [0.5, 0.6) is 0 Å². The van der Waals surface area contributed by atoms with Crippen molar-refractivity contribution in [3.63, 3.8) is 0 Å². The van der Waals surface area contributed by atoms with E-state index in [2.05, 4.69) is 43.8 Å². The van der Waals surface area contributed by atoms with Crippen LogP contribution in [0.15, 0.2) is 23.7 Å². The lowest BCUT2D eigenvalue weighted by Crippen LogP contribution is -2.39. The number of rotatable bonds is 4. The Hall–Kier alpha value is -1.70. The average molecular weight is 333 g/mol. The highest BCUT2D eigenvalue weighted by atomic mass is 32.1. The molecule has 7 heteroatoms. The van der Waals surface area contributed by atoms with Gasteiger partial charge in [0.15, 0.2) is 0 Å². The second-order valence-corrected chi connectivity index (χ2v) is 7.00. The van der Waals surface area contributed by atoms with E-state index in [1.807, 2.05) is 12.3 Å². The molecule has 1 amide bonds. The van der Waals surface area contributed by atoms with E-state index in [9.17, 15) is 4.79 Å². The molecule has 0 aliphatic carbocycles. The van der Waals surface area contributed by atoms with Gasteiger partial charge in [0, 0.05) is 45.3 Å². The van der Waals surface area contributed by atoms with E-state index in [4.69, 9.17) is 0 Å². The predicted octanol–water partition coefficient (Wildman–Crippen LogP) is 1.25. The molecule has 0 aromatic carbocycles. The zero-order valence-corrected chi connectivity index (χ0v) is 14.4. The number of carbonyl (C=O) groups is 1. The highest BCUT2D eigenvalue weighted by Gasteiger charge is 2.26. The minimum Gasteiger partial charge on any atom is -0.359 e. The van der Waals surface area contributed by atoms with Gasteiger partial charge in [0.05, 0.1) is 22.7 Å². The fraction of sp³-hybridized carbons (Fsp3) is 0.500. The molecule has 0 bridgehead atoms. The Labute approximate surface area is 140 Å². The molecule has 3 heterocycles. The van der Waals surface area contributed by atoms with Crippen LogP contribution in [0.25, 0.3) is 10.6 Å². The first kappa shape index (κ1) is 16.2. The van der Waals surface area contributed by atoms with E-state index in [1.165, 1.54) is 10.4 Å². The summed E-state index contributed by atoms with van der Waals surface area (Å²) in [4.78, 5) is 17.9. The fourth-order valence-corrected chi connectivity index (χ4v) is 3.82. The number of hydrogen-bond donors (Lipinski definition) is 2. The van der Waals surface area contributed by atoms with Crippen molar-refractivity contribution in [1.82, 2.24) is 25.3 Å². The Balaban J connectivity index is 1.74. The summed E-state index contributed by atoms with van der Waals surface area (Å²) in [7, 11) is 3.79. The normalized spacial score (nSPS) is 20.3. The van der Waals surface area contributed by atoms with Crippen LogP contribution in [0.2, 0.25) is 0 Å². The summed E-state index contributed by atoms with van der Waals surface area (Å²) < 4.78 is 0. The van der Waals surface area contributed by atoms with Gasteiger partial charge in [0.25, 0.3) is 0 Å². The van der Waals surface area contributed by atoms with Crippen LogP contribution in [-0.4, -0.2) is 66.2 Å². The molecule has 2 aromatic rings. The number of likely N-dealkylation sites (N-methyl/N-ethyl adjacent to an activating group) is 1. The molecule has 2 aromatic heterocycles. The summed E-state index contributed by atoms with van der Waals surface area (Å²) in [6, 6.07) is 4.15. The lowest BCUT2D eigenvalue weighted by Gasteiger charge is -2.22. The van der Waals surface area contributed by atoms with Crippen molar-refractivity contribution in [2.45, 2.75) is 6.54 Å². The molecule has 1 unspecified atom stereocenters. The summed E-state index contributed by atoms with van der Waals surface area (Å²) in [6.07, 6.45) is 1.90. The molecule has 0 spiro atoms. The number of hydrogen-bond acceptors (Lipinski definition) is 5. The molecular formula is C16H23N5OS. The molecule has 6 nitrogen and oxygen atoms in total. The van der Waals surface area contributed by atoms with Gasteiger partial charge in [-0.25, -0.2) is 0 Å². The van der Waals surface area contributed by atoms with E-state index in [0.29, 0.717) is 0 Å². The molecule has 0 saturated carbocycles. The van der Waals surface area contributed by atoms with Crippen molar-refractivity contribution in [3.8, 4) is 10.6 Å². The molecule has 124 valence electrons. The standard InChI is InChI=1S/C16H23N5OS/c1-17-16(22)13-9-20(2)5-6-21(11-13)10-12-8-18-19-15(12)14-4-3-7-23-14/h3-4,7-8,13H,5-6,9-11H2,1-2H3,(H,17,22)(H,18,19). The lowest BCUT2D eigenvalue weighted by molar-refractivity contribution is -0.125. The van der Waals surface area contributed by atoms with Gasteiger partial charge in [-0.3, -0.25) is 14.8 Å². The first-order valence-corrected chi connectivity index (χ1v) is 8.74. The smallest absolute Gasteiger partial charge is 0.225 e. The number of amides is 1. The van der Waals surface area contributed by atoms with Gasteiger partial charge in [-0.15, -0.1) is 11.3 Å². The Bertz CT molecular complexity index is 639. The molecule has 1 aliphatic heterocycles. The van der Waals surface area contributed by atoms with Gasteiger partial charge < -0.3 is 10.2 Å². The van der Waals surface area contributed by atoms with Crippen LogP contribution in [-0.2, 0) is 11.3 Å². The third-order valence-electron chi connectivity index (χ3n) is 4.31. The Kier molecular flexibility index (Phi) is 5.09. The van der Waals surface area contributed by atoms with Crippen molar-refractivity contribution >= 4 is 17.2 Å². The van der Waals surface area contributed by atoms with Gasteiger partial charge in [0.2, 0.25) is 5.91 Å². The van der Waals surface area contributed by atoms with E-state index in [0.717, 1.165) is 38.4 Å². The fourth-order valence-electron chi connectivity index (χ4n) is 3.06. The van der Waals surface area contributed by atoms with E-state index < -0.39 is 0 Å². The minimum atomic E-state index is 0.00425. The summed E-state index contributed by atoms with van der Waals surface area (Å²) in [5.41, 5.74) is 2.28. The first-order chi connectivity index (χ1) is 11.2. The van der Waals surface area contributed by atoms with E-state index in [-0.39, 0.29) is 11.8 Å². The maximum Gasteiger partial charge on any atom is 0.225 e. The highest BCUT2D eigenvalue weighted by Crippen LogP contribution is 2.27. The summed E-state index contributed by atoms with van der Waals surface area (Å²) in [5, 5.41) is 12.2. The summed E-state index contributed by atoms with van der Waals surface area (Å²) in [5.74, 6) is 0.124. The van der Waals surface area contributed by atoms with Crippen LogP contribution < -0.4 is 5.32 Å². The molecule has 1 fully saturated rings. The minimum absolute atomic E-state index is 0.00425. The quantitative estimate of drug-likeness (QED) is 0.884. The molecular weight excluding hydrogens is 310 g/mol. The topological polar surface area (TPSA) is 64.3 Å². The van der Waals surface area contributed by atoms with Crippen LogP contribution in [0.1, 0.15) is 5.56 Å².